The van der Waals surface area contributed by atoms with Gasteiger partial charge in [0.1, 0.15) is 5.69 Å². The first-order valence-corrected chi connectivity index (χ1v) is 11.1. The van der Waals surface area contributed by atoms with Crippen LogP contribution < -0.4 is 21.7 Å². The standard InChI is InChI=1S/C18H18ClFN8O4S/c1-9-2-3-10(6-15(9)33(30,31)32)24-18-26-16(19)25-17(27-18)23-5-4-22-14-7-11(20)13(28-29)8-12(14)21/h2-3,6-8,22H,4-5,21H2,1H3,(H,30,31,32)(H2,23,24,25,26,27). The third-order valence-corrected chi connectivity index (χ3v) is 5.44. The van der Waals surface area contributed by atoms with Crippen LogP contribution in [0.3, 0.4) is 0 Å². The predicted octanol–water partition coefficient (Wildman–Crippen LogP) is 3.47. The number of anilines is 5. The van der Waals surface area contributed by atoms with Gasteiger partial charge in [0.25, 0.3) is 10.1 Å². The van der Waals surface area contributed by atoms with E-state index in [-0.39, 0.29) is 52.2 Å². The van der Waals surface area contributed by atoms with Gasteiger partial charge in [0, 0.05) is 24.8 Å². The van der Waals surface area contributed by atoms with Gasteiger partial charge in [-0.25, -0.2) is 4.39 Å². The van der Waals surface area contributed by atoms with Crippen molar-refractivity contribution in [3.8, 4) is 0 Å². The lowest BCUT2D eigenvalue weighted by atomic mass is 10.2. The molecule has 0 fully saturated rings. The van der Waals surface area contributed by atoms with E-state index in [0.29, 0.717) is 11.3 Å². The number of hydrogen-bond donors (Lipinski definition) is 5. The Morgan fingerprint density at radius 1 is 1.12 bits per heavy atom. The van der Waals surface area contributed by atoms with Gasteiger partial charge in [-0.1, -0.05) is 6.07 Å². The van der Waals surface area contributed by atoms with Crippen molar-refractivity contribution in [1.82, 2.24) is 15.0 Å². The second kappa shape index (κ2) is 9.89. The quantitative estimate of drug-likeness (QED) is 0.126. The third kappa shape index (κ3) is 6.21. The van der Waals surface area contributed by atoms with Crippen LogP contribution in [0.25, 0.3) is 0 Å². The van der Waals surface area contributed by atoms with Crippen LogP contribution >= 0.6 is 11.6 Å². The molecule has 33 heavy (non-hydrogen) atoms. The minimum absolute atomic E-state index is 0.0267. The summed E-state index contributed by atoms with van der Waals surface area (Å²) in [6, 6.07) is 6.50. The van der Waals surface area contributed by atoms with E-state index in [4.69, 9.17) is 17.3 Å². The second-order valence-corrected chi connectivity index (χ2v) is 8.40. The first-order valence-electron chi connectivity index (χ1n) is 9.23. The van der Waals surface area contributed by atoms with Crippen LogP contribution in [0.15, 0.2) is 40.4 Å². The van der Waals surface area contributed by atoms with Crippen molar-refractivity contribution in [3.63, 3.8) is 0 Å². The van der Waals surface area contributed by atoms with Crippen molar-refractivity contribution in [2.24, 2.45) is 5.18 Å². The molecule has 1 heterocycles. The smallest absolute Gasteiger partial charge is 0.294 e. The Bertz CT molecular complexity index is 1310. The van der Waals surface area contributed by atoms with Gasteiger partial charge in [0.05, 0.1) is 16.3 Å². The summed E-state index contributed by atoms with van der Waals surface area (Å²) in [6.07, 6.45) is 0. The van der Waals surface area contributed by atoms with Gasteiger partial charge >= 0.3 is 0 Å². The summed E-state index contributed by atoms with van der Waals surface area (Å²) in [5.74, 6) is -0.664. The fourth-order valence-corrected chi connectivity index (χ4v) is 3.65. The highest BCUT2D eigenvalue weighted by molar-refractivity contribution is 7.85. The molecule has 0 unspecified atom stereocenters. The molecule has 0 atom stereocenters. The van der Waals surface area contributed by atoms with Crippen molar-refractivity contribution in [2.75, 3.05) is 34.8 Å². The van der Waals surface area contributed by atoms with Gasteiger partial charge < -0.3 is 21.7 Å². The van der Waals surface area contributed by atoms with E-state index in [0.717, 1.165) is 12.1 Å². The molecule has 0 radical (unpaired) electrons. The number of halogens is 2. The van der Waals surface area contributed by atoms with Gasteiger partial charge in [-0.15, -0.1) is 4.91 Å². The molecule has 0 saturated heterocycles. The van der Waals surface area contributed by atoms with E-state index in [1.54, 1.807) is 6.07 Å². The van der Waals surface area contributed by atoms with Crippen molar-refractivity contribution >= 4 is 56.4 Å². The molecular formula is C18H18ClFN8O4S. The van der Waals surface area contributed by atoms with Crippen LogP contribution in [-0.2, 0) is 10.1 Å². The normalized spacial score (nSPS) is 11.2. The van der Waals surface area contributed by atoms with Crippen LogP contribution in [-0.4, -0.2) is 41.0 Å². The van der Waals surface area contributed by atoms with Gasteiger partial charge in [0.15, 0.2) is 5.82 Å². The topological polar surface area (TPSA) is 185 Å². The molecule has 3 aromatic rings. The maximum Gasteiger partial charge on any atom is 0.294 e. The summed E-state index contributed by atoms with van der Waals surface area (Å²) < 4.78 is 46.0. The Kier molecular flexibility index (Phi) is 7.20. The number of nitrogens with one attached hydrogen (secondary N) is 3. The van der Waals surface area contributed by atoms with Crippen LogP contribution in [0.4, 0.5) is 39.0 Å². The summed E-state index contributed by atoms with van der Waals surface area (Å²) in [5.41, 5.74) is 6.48. The number of nitrogens with zero attached hydrogens (tertiary/aromatic N) is 4. The van der Waals surface area contributed by atoms with Gasteiger partial charge in [-0.05, 0) is 47.5 Å². The molecule has 2 aromatic carbocycles. The average molecular weight is 497 g/mol. The summed E-state index contributed by atoms with van der Waals surface area (Å²) in [6.45, 7) is 2.09. The predicted molar refractivity (Wildman–Crippen MR) is 122 cm³/mol. The fourth-order valence-electron chi connectivity index (χ4n) is 2.74. The maximum atomic E-state index is 13.7. The van der Waals surface area contributed by atoms with E-state index in [1.807, 2.05) is 0 Å². The monoisotopic (exact) mass is 496 g/mol. The largest absolute Gasteiger partial charge is 0.397 e. The molecule has 0 spiro atoms. The number of aryl methyl sites for hydroxylation is 1. The molecule has 1 aromatic heterocycles. The van der Waals surface area contributed by atoms with Crippen molar-refractivity contribution in [1.29, 1.82) is 0 Å². The van der Waals surface area contributed by atoms with E-state index >= 15 is 0 Å². The van der Waals surface area contributed by atoms with E-state index in [9.17, 15) is 22.3 Å². The summed E-state index contributed by atoms with van der Waals surface area (Å²) >= 11 is 5.93. The first kappa shape index (κ1) is 24.0. The molecule has 0 amide bonds. The lowest BCUT2D eigenvalue weighted by Gasteiger charge is -2.12. The number of aromatic nitrogens is 3. The summed E-state index contributed by atoms with van der Waals surface area (Å²) in [7, 11) is -4.40. The molecule has 0 aliphatic heterocycles. The lowest BCUT2D eigenvalue weighted by Crippen LogP contribution is -2.16. The van der Waals surface area contributed by atoms with Crippen LogP contribution in [0, 0.1) is 17.6 Å². The third-order valence-electron chi connectivity index (χ3n) is 4.27. The Labute approximate surface area is 192 Å². The highest BCUT2D eigenvalue weighted by atomic mass is 35.5. The zero-order valence-corrected chi connectivity index (χ0v) is 18.6. The Morgan fingerprint density at radius 3 is 2.52 bits per heavy atom. The highest BCUT2D eigenvalue weighted by Gasteiger charge is 2.15. The molecule has 15 heteroatoms. The molecule has 12 nitrogen and oxygen atoms in total. The van der Waals surface area contributed by atoms with Crippen molar-refractivity contribution < 1.29 is 17.4 Å². The minimum Gasteiger partial charge on any atom is -0.397 e. The Hall–Kier alpha value is -3.62. The Balaban J connectivity index is 1.65. The van der Waals surface area contributed by atoms with Crippen LogP contribution in [0.5, 0.6) is 0 Å². The average Bonchev–Trinajstić information content (AvgIpc) is 2.73. The number of benzene rings is 2. The van der Waals surface area contributed by atoms with Crippen molar-refractivity contribution in [3.05, 3.63) is 51.9 Å². The zero-order valence-electron chi connectivity index (χ0n) is 17.0. The SMILES string of the molecule is Cc1ccc(Nc2nc(Cl)nc(NCCNc3cc(F)c(N=O)cc3N)n2)cc1S(=O)(=O)O. The van der Waals surface area contributed by atoms with Crippen LogP contribution in [0.1, 0.15) is 5.56 Å². The molecule has 6 N–H and O–H groups in total. The minimum atomic E-state index is -4.40. The van der Waals surface area contributed by atoms with E-state index in [1.165, 1.54) is 19.1 Å². The summed E-state index contributed by atoms with van der Waals surface area (Å²) in [4.78, 5) is 22.3. The molecule has 174 valence electrons. The van der Waals surface area contributed by atoms with E-state index in [2.05, 4.69) is 36.1 Å². The molecule has 0 aliphatic carbocycles. The lowest BCUT2D eigenvalue weighted by molar-refractivity contribution is 0.482. The molecule has 0 saturated carbocycles. The Morgan fingerprint density at radius 2 is 1.82 bits per heavy atom. The second-order valence-electron chi connectivity index (χ2n) is 6.67. The maximum absolute atomic E-state index is 13.7. The van der Waals surface area contributed by atoms with Crippen LogP contribution in [0.2, 0.25) is 5.28 Å². The molecular weight excluding hydrogens is 479 g/mol. The molecule has 3 rings (SSSR count). The number of hydrogen-bond acceptors (Lipinski definition) is 11. The molecule has 0 bridgehead atoms. The van der Waals surface area contributed by atoms with Gasteiger partial charge in [-0.3, -0.25) is 4.55 Å². The number of nitroso groups, excluding NO2 is 1. The first-order chi connectivity index (χ1) is 15.6. The highest BCUT2D eigenvalue weighted by Crippen LogP contribution is 2.28. The number of rotatable bonds is 9. The van der Waals surface area contributed by atoms with Gasteiger partial charge in [-0.2, -0.15) is 23.4 Å². The zero-order chi connectivity index (χ0) is 24.2. The van der Waals surface area contributed by atoms with E-state index < -0.39 is 15.9 Å². The van der Waals surface area contributed by atoms with Gasteiger partial charge in [0.2, 0.25) is 17.2 Å². The van der Waals surface area contributed by atoms with Crippen molar-refractivity contribution in [2.45, 2.75) is 11.8 Å². The number of nitrogens with two attached hydrogens (primary N) is 1. The number of nitrogen functional groups attached to an aromatic ring is 1. The fraction of sp³-hybridized carbons (Fsp3) is 0.167. The molecule has 0 aliphatic rings. The summed E-state index contributed by atoms with van der Waals surface area (Å²) in [5, 5.41) is 11.0.